The highest BCUT2D eigenvalue weighted by Gasteiger charge is 2.00. The van der Waals surface area contributed by atoms with Crippen LogP contribution >= 0.6 is 27.7 Å². The van der Waals surface area contributed by atoms with Crippen LogP contribution in [-0.2, 0) is 11.5 Å². The van der Waals surface area contributed by atoms with Gasteiger partial charge in [-0.2, -0.15) is 11.8 Å². The zero-order valence-corrected chi connectivity index (χ0v) is 13.1. The summed E-state index contributed by atoms with van der Waals surface area (Å²) in [6.45, 7) is 4.32. The minimum absolute atomic E-state index is 1.05. The van der Waals surface area contributed by atoms with Gasteiger partial charge >= 0.3 is 0 Å². The maximum Gasteiger partial charge on any atom is 0.0215 e. The van der Waals surface area contributed by atoms with Crippen LogP contribution in [0.15, 0.2) is 46.9 Å². The molecule has 0 aliphatic heterocycles. The Morgan fingerprint density at radius 3 is 2.28 bits per heavy atom. The summed E-state index contributed by atoms with van der Waals surface area (Å²) < 4.78 is 1.21. The van der Waals surface area contributed by atoms with Gasteiger partial charge in [0.2, 0.25) is 0 Å². The predicted octanol–water partition coefficient (Wildman–Crippen LogP) is 5.50. The van der Waals surface area contributed by atoms with E-state index in [0.717, 1.165) is 11.5 Å². The Bertz CT molecular complexity index is 514. The minimum Gasteiger partial charge on any atom is -0.152 e. The number of rotatable bonds is 4. The lowest BCUT2D eigenvalue weighted by Gasteiger charge is -2.06. The Morgan fingerprint density at radius 1 is 0.944 bits per heavy atom. The van der Waals surface area contributed by atoms with Crippen LogP contribution in [0.25, 0.3) is 0 Å². The molecule has 0 saturated heterocycles. The van der Waals surface area contributed by atoms with E-state index in [4.69, 9.17) is 0 Å². The molecule has 2 aromatic carbocycles. The molecule has 0 fully saturated rings. The monoisotopic (exact) mass is 320 g/mol. The van der Waals surface area contributed by atoms with E-state index >= 15 is 0 Å². The number of hydrogen-bond acceptors (Lipinski definition) is 1. The van der Waals surface area contributed by atoms with E-state index in [2.05, 4.69) is 72.2 Å². The van der Waals surface area contributed by atoms with Gasteiger partial charge in [-0.1, -0.05) is 63.5 Å². The number of aryl methyl sites for hydroxylation is 2. The van der Waals surface area contributed by atoms with Crippen molar-refractivity contribution in [1.82, 2.24) is 0 Å². The number of hydrogen-bond donors (Lipinski definition) is 0. The van der Waals surface area contributed by atoms with Crippen LogP contribution in [0.3, 0.4) is 0 Å². The smallest absolute Gasteiger partial charge is 0.0215 e. The highest BCUT2D eigenvalue weighted by atomic mass is 79.9. The van der Waals surface area contributed by atoms with Gasteiger partial charge in [-0.15, -0.1) is 0 Å². The van der Waals surface area contributed by atoms with E-state index < -0.39 is 0 Å². The highest BCUT2D eigenvalue weighted by molar-refractivity contribution is 9.10. The van der Waals surface area contributed by atoms with Crippen LogP contribution in [0.4, 0.5) is 0 Å². The van der Waals surface area contributed by atoms with E-state index in [1.165, 1.54) is 26.7 Å². The average molecular weight is 321 g/mol. The Morgan fingerprint density at radius 2 is 1.61 bits per heavy atom. The molecule has 0 N–H and O–H groups in total. The van der Waals surface area contributed by atoms with Gasteiger partial charge in [0.25, 0.3) is 0 Å². The third-order valence-electron chi connectivity index (χ3n) is 2.77. The van der Waals surface area contributed by atoms with Crippen molar-refractivity contribution in [2.45, 2.75) is 25.4 Å². The van der Waals surface area contributed by atoms with Crippen LogP contribution in [0.5, 0.6) is 0 Å². The maximum absolute atomic E-state index is 3.59. The molecule has 2 rings (SSSR count). The third-order valence-corrected chi connectivity index (χ3v) is 4.59. The number of halogens is 1. The molecule has 0 bridgehead atoms. The van der Waals surface area contributed by atoms with Crippen molar-refractivity contribution in [3.63, 3.8) is 0 Å². The van der Waals surface area contributed by atoms with Gasteiger partial charge in [-0.25, -0.2) is 0 Å². The first-order chi connectivity index (χ1) is 8.65. The van der Waals surface area contributed by atoms with Crippen LogP contribution in [0.2, 0.25) is 0 Å². The summed E-state index contributed by atoms with van der Waals surface area (Å²) >= 11 is 5.55. The summed E-state index contributed by atoms with van der Waals surface area (Å²) in [4.78, 5) is 0. The molecule has 0 nitrogen and oxygen atoms in total. The summed E-state index contributed by atoms with van der Waals surface area (Å²) in [6, 6.07) is 15.2. The van der Waals surface area contributed by atoms with E-state index in [1.807, 2.05) is 11.8 Å². The molecule has 0 unspecified atom stereocenters. The fourth-order valence-corrected chi connectivity index (χ4v) is 3.63. The number of thioether (sulfide) groups is 1. The van der Waals surface area contributed by atoms with Crippen LogP contribution < -0.4 is 0 Å². The summed E-state index contributed by atoms with van der Waals surface area (Å²) in [5, 5.41) is 0. The first kappa shape index (κ1) is 13.7. The lowest BCUT2D eigenvalue weighted by molar-refractivity contribution is 1.29. The molecule has 2 heteroatoms. The molecule has 0 amide bonds. The molecule has 2 aromatic rings. The van der Waals surface area contributed by atoms with Crippen LogP contribution in [0, 0.1) is 13.8 Å². The molecular formula is C16H17BrS. The lowest BCUT2D eigenvalue weighted by Crippen LogP contribution is -1.87. The zero-order chi connectivity index (χ0) is 13.0. The van der Waals surface area contributed by atoms with E-state index in [9.17, 15) is 0 Å². The SMILES string of the molecule is Cc1cc(C)cc(CSCc2ccccc2Br)c1. The van der Waals surface area contributed by atoms with Gasteiger partial charge in [0.15, 0.2) is 0 Å². The Hall–Kier alpha value is -0.730. The second kappa shape index (κ2) is 6.44. The fraction of sp³-hybridized carbons (Fsp3) is 0.250. The minimum atomic E-state index is 1.05. The topological polar surface area (TPSA) is 0 Å². The van der Waals surface area contributed by atoms with Crippen molar-refractivity contribution in [2.24, 2.45) is 0 Å². The van der Waals surface area contributed by atoms with Gasteiger partial charge in [0.1, 0.15) is 0 Å². The summed E-state index contributed by atoms with van der Waals surface area (Å²) in [5.41, 5.74) is 5.49. The second-order valence-electron chi connectivity index (χ2n) is 4.58. The molecule has 0 radical (unpaired) electrons. The Balaban J connectivity index is 1.94. The second-order valence-corrected chi connectivity index (χ2v) is 6.42. The third kappa shape index (κ3) is 3.89. The predicted molar refractivity (Wildman–Crippen MR) is 85.1 cm³/mol. The zero-order valence-electron chi connectivity index (χ0n) is 10.7. The average Bonchev–Trinajstić information content (AvgIpc) is 2.30. The van der Waals surface area contributed by atoms with Gasteiger partial charge in [-0.05, 0) is 31.0 Å². The normalized spacial score (nSPS) is 10.6. The standard InChI is InChI=1S/C16H17BrS/c1-12-7-13(2)9-14(8-12)10-18-11-15-5-3-4-6-16(15)17/h3-9H,10-11H2,1-2H3. The van der Waals surface area contributed by atoms with Gasteiger partial charge in [-0.3, -0.25) is 0 Å². The van der Waals surface area contributed by atoms with Crippen molar-refractivity contribution in [2.75, 3.05) is 0 Å². The molecule has 0 aliphatic rings. The highest BCUT2D eigenvalue weighted by Crippen LogP contribution is 2.24. The van der Waals surface area contributed by atoms with Crippen LogP contribution in [0.1, 0.15) is 22.3 Å². The maximum atomic E-state index is 3.59. The van der Waals surface area contributed by atoms with Gasteiger partial charge in [0.05, 0.1) is 0 Å². The number of benzene rings is 2. The first-order valence-electron chi connectivity index (χ1n) is 6.03. The summed E-state index contributed by atoms with van der Waals surface area (Å²) in [7, 11) is 0. The van der Waals surface area contributed by atoms with Crippen molar-refractivity contribution >= 4 is 27.7 Å². The Kier molecular flexibility index (Phi) is 4.90. The molecule has 0 saturated carbocycles. The Labute approximate surface area is 122 Å². The van der Waals surface area contributed by atoms with Crippen molar-refractivity contribution < 1.29 is 0 Å². The van der Waals surface area contributed by atoms with E-state index in [0.29, 0.717) is 0 Å². The molecule has 0 atom stereocenters. The first-order valence-corrected chi connectivity index (χ1v) is 7.98. The molecule has 94 valence electrons. The molecule has 0 aliphatic carbocycles. The lowest BCUT2D eigenvalue weighted by atomic mass is 10.1. The van der Waals surface area contributed by atoms with E-state index in [1.54, 1.807) is 0 Å². The largest absolute Gasteiger partial charge is 0.152 e. The van der Waals surface area contributed by atoms with Crippen molar-refractivity contribution in [3.05, 3.63) is 69.2 Å². The van der Waals surface area contributed by atoms with Gasteiger partial charge in [0, 0.05) is 16.0 Å². The quantitative estimate of drug-likeness (QED) is 0.716. The summed E-state index contributed by atoms with van der Waals surface area (Å²) in [5.74, 6) is 2.12. The molecular weight excluding hydrogens is 304 g/mol. The van der Waals surface area contributed by atoms with Crippen molar-refractivity contribution in [1.29, 1.82) is 0 Å². The summed E-state index contributed by atoms with van der Waals surface area (Å²) in [6.07, 6.45) is 0. The molecule has 0 spiro atoms. The molecule has 18 heavy (non-hydrogen) atoms. The van der Waals surface area contributed by atoms with Gasteiger partial charge < -0.3 is 0 Å². The van der Waals surface area contributed by atoms with Crippen LogP contribution in [-0.4, -0.2) is 0 Å². The fourth-order valence-electron chi connectivity index (χ4n) is 2.05. The molecule has 0 aromatic heterocycles. The molecule has 0 heterocycles. The van der Waals surface area contributed by atoms with E-state index in [-0.39, 0.29) is 0 Å². The van der Waals surface area contributed by atoms with Crippen molar-refractivity contribution in [3.8, 4) is 0 Å².